The fourth-order valence-corrected chi connectivity index (χ4v) is 3.91. The first kappa shape index (κ1) is 20.1. The largest absolute Gasteiger partial charge is 0.318 e. The fourth-order valence-electron chi connectivity index (χ4n) is 3.41. The third kappa shape index (κ3) is 3.95. The minimum atomic E-state index is -0.399. The number of hydrazone groups is 1. The zero-order chi connectivity index (χ0) is 21.3. The molecule has 150 valence electrons. The zero-order valence-electron chi connectivity index (χ0n) is 16.4. The van der Waals surface area contributed by atoms with Crippen molar-refractivity contribution in [3.63, 3.8) is 0 Å². The summed E-state index contributed by atoms with van der Waals surface area (Å²) >= 11 is 11.9. The van der Waals surface area contributed by atoms with E-state index in [1.165, 1.54) is 6.07 Å². The number of hydrogen-bond donors (Lipinski definition) is 1. The third-order valence-electron chi connectivity index (χ3n) is 4.86. The average Bonchev–Trinajstić information content (AvgIpc) is 3.00. The van der Waals surface area contributed by atoms with Gasteiger partial charge in [-0.15, -0.1) is 0 Å². The molecule has 2 heterocycles. The highest BCUT2D eigenvalue weighted by atomic mass is 35.5. The zero-order valence-corrected chi connectivity index (χ0v) is 17.9. The van der Waals surface area contributed by atoms with Gasteiger partial charge in [0.2, 0.25) is 0 Å². The molecule has 0 bridgehead atoms. The molecule has 0 saturated carbocycles. The number of nitrogens with zero attached hydrogens (tertiary/aromatic N) is 3. The van der Waals surface area contributed by atoms with Crippen LogP contribution in [0.1, 0.15) is 27.3 Å². The molecule has 0 unspecified atom stereocenters. The number of aromatic nitrogens is 2. The molecule has 30 heavy (non-hydrogen) atoms. The number of hydrogen-bond acceptors (Lipinski definition) is 3. The summed E-state index contributed by atoms with van der Waals surface area (Å²) in [6.45, 7) is 4.05. The summed E-state index contributed by atoms with van der Waals surface area (Å²) in [5.41, 5.74) is 7.80. The van der Waals surface area contributed by atoms with Crippen LogP contribution in [0, 0.1) is 13.8 Å². The quantitative estimate of drug-likeness (QED) is 0.328. The first-order valence-corrected chi connectivity index (χ1v) is 10.0. The van der Waals surface area contributed by atoms with Crippen molar-refractivity contribution in [3.05, 3.63) is 93.4 Å². The van der Waals surface area contributed by atoms with Gasteiger partial charge in [-0.1, -0.05) is 29.3 Å². The second-order valence-corrected chi connectivity index (χ2v) is 7.71. The number of nitrogens with one attached hydrogen (secondary N) is 1. The molecule has 0 aliphatic heterocycles. The minimum absolute atomic E-state index is 0.277. The highest BCUT2D eigenvalue weighted by Gasteiger charge is 2.12. The maximum absolute atomic E-state index is 12.3. The van der Waals surface area contributed by atoms with Crippen LogP contribution < -0.4 is 5.43 Å². The second-order valence-electron chi connectivity index (χ2n) is 6.87. The number of rotatable bonds is 4. The van der Waals surface area contributed by atoms with Crippen LogP contribution in [0.4, 0.5) is 0 Å². The summed E-state index contributed by atoms with van der Waals surface area (Å²) in [5, 5.41) is 5.92. The van der Waals surface area contributed by atoms with Crippen molar-refractivity contribution in [2.75, 3.05) is 0 Å². The third-order valence-corrected chi connectivity index (χ3v) is 5.41. The normalized spacial score (nSPS) is 11.3. The molecule has 2 aromatic heterocycles. The first-order valence-electron chi connectivity index (χ1n) is 9.26. The number of halogens is 2. The van der Waals surface area contributed by atoms with Crippen molar-refractivity contribution < 1.29 is 4.79 Å². The standard InChI is InChI=1S/C23H18Cl2N4O/c1-14-10-17(13-27-28-23(30)20-7-5-18(24)12-21(20)25)15(2)29(14)19-6-8-22-16(11-19)4-3-9-26-22/h3-13H,1-2H3,(H,28,30)/b27-13-. The van der Waals surface area contributed by atoms with E-state index >= 15 is 0 Å². The summed E-state index contributed by atoms with van der Waals surface area (Å²) in [5.74, 6) is -0.399. The van der Waals surface area contributed by atoms with Gasteiger partial charge in [-0.2, -0.15) is 5.10 Å². The molecule has 0 aliphatic carbocycles. The van der Waals surface area contributed by atoms with Gasteiger partial charge < -0.3 is 4.57 Å². The monoisotopic (exact) mass is 436 g/mol. The summed E-state index contributed by atoms with van der Waals surface area (Å²) < 4.78 is 2.14. The summed E-state index contributed by atoms with van der Waals surface area (Å²) in [6.07, 6.45) is 3.41. The van der Waals surface area contributed by atoms with Crippen molar-refractivity contribution in [2.24, 2.45) is 5.10 Å². The Morgan fingerprint density at radius 2 is 1.93 bits per heavy atom. The van der Waals surface area contributed by atoms with E-state index in [2.05, 4.69) is 26.1 Å². The van der Waals surface area contributed by atoms with Crippen molar-refractivity contribution in [1.82, 2.24) is 15.0 Å². The Bertz CT molecular complexity index is 1290. The van der Waals surface area contributed by atoms with E-state index in [9.17, 15) is 4.79 Å². The molecule has 1 N–H and O–H groups in total. The molecular weight excluding hydrogens is 419 g/mol. The Hall–Kier alpha value is -3.15. The molecule has 0 aliphatic rings. The van der Waals surface area contributed by atoms with Gasteiger partial charge >= 0.3 is 0 Å². The van der Waals surface area contributed by atoms with E-state index < -0.39 is 5.91 Å². The summed E-state index contributed by atoms with van der Waals surface area (Å²) in [7, 11) is 0. The average molecular weight is 437 g/mol. The molecular formula is C23H18Cl2N4O. The van der Waals surface area contributed by atoms with Gasteiger partial charge in [-0.3, -0.25) is 9.78 Å². The number of carbonyl (C=O) groups excluding carboxylic acids is 1. The molecule has 0 fully saturated rings. The molecule has 0 atom stereocenters. The van der Waals surface area contributed by atoms with Crippen LogP contribution in [0.3, 0.4) is 0 Å². The summed E-state index contributed by atoms with van der Waals surface area (Å²) in [6, 6.07) is 16.8. The Balaban J connectivity index is 1.57. The van der Waals surface area contributed by atoms with Crippen LogP contribution >= 0.6 is 23.2 Å². The van der Waals surface area contributed by atoms with Crippen molar-refractivity contribution >= 4 is 46.2 Å². The van der Waals surface area contributed by atoms with Crippen molar-refractivity contribution in [3.8, 4) is 5.69 Å². The van der Waals surface area contributed by atoms with E-state index in [0.717, 1.165) is 33.5 Å². The first-order chi connectivity index (χ1) is 14.4. The molecule has 2 aromatic carbocycles. The van der Waals surface area contributed by atoms with E-state index in [1.807, 2.05) is 44.2 Å². The molecule has 0 saturated heterocycles. The number of pyridine rings is 1. The lowest BCUT2D eigenvalue weighted by atomic mass is 10.2. The second kappa shape index (κ2) is 8.30. The molecule has 1 amide bonds. The molecule has 4 rings (SSSR count). The lowest BCUT2D eigenvalue weighted by Crippen LogP contribution is -2.18. The number of fused-ring (bicyclic) bond motifs is 1. The molecule has 4 aromatic rings. The smallest absolute Gasteiger partial charge is 0.272 e. The number of benzene rings is 2. The van der Waals surface area contributed by atoms with Gasteiger partial charge in [0.25, 0.3) is 5.91 Å². The minimum Gasteiger partial charge on any atom is -0.318 e. The van der Waals surface area contributed by atoms with Crippen LogP contribution in [-0.2, 0) is 0 Å². The van der Waals surface area contributed by atoms with Crippen LogP contribution in [-0.4, -0.2) is 21.7 Å². The Morgan fingerprint density at radius 1 is 1.10 bits per heavy atom. The predicted molar refractivity (Wildman–Crippen MR) is 122 cm³/mol. The van der Waals surface area contributed by atoms with Gasteiger partial charge in [0, 0.05) is 39.2 Å². The summed E-state index contributed by atoms with van der Waals surface area (Å²) in [4.78, 5) is 16.7. The lowest BCUT2D eigenvalue weighted by molar-refractivity contribution is 0.0955. The van der Waals surface area contributed by atoms with E-state index in [4.69, 9.17) is 23.2 Å². The molecule has 0 spiro atoms. The van der Waals surface area contributed by atoms with Gasteiger partial charge in [0.1, 0.15) is 0 Å². The van der Waals surface area contributed by atoms with Crippen LogP contribution in [0.25, 0.3) is 16.6 Å². The van der Waals surface area contributed by atoms with Crippen molar-refractivity contribution in [2.45, 2.75) is 13.8 Å². The van der Waals surface area contributed by atoms with Gasteiger partial charge in [0.05, 0.1) is 22.3 Å². The van der Waals surface area contributed by atoms with Gasteiger partial charge in [0.15, 0.2) is 0 Å². The number of amides is 1. The van der Waals surface area contributed by atoms with Gasteiger partial charge in [-0.05, 0) is 62.4 Å². The highest BCUT2D eigenvalue weighted by molar-refractivity contribution is 6.36. The Kier molecular flexibility index (Phi) is 5.57. The predicted octanol–water partition coefficient (Wildman–Crippen LogP) is 5.71. The molecule has 7 heteroatoms. The maximum Gasteiger partial charge on any atom is 0.272 e. The van der Waals surface area contributed by atoms with Crippen LogP contribution in [0.15, 0.2) is 65.9 Å². The fraction of sp³-hybridized carbons (Fsp3) is 0.0870. The number of carbonyl (C=O) groups is 1. The van der Waals surface area contributed by atoms with Gasteiger partial charge in [-0.25, -0.2) is 5.43 Å². The topological polar surface area (TPSA) is 59.3 Å². The molecule has 5 nitrogen and oxygen atoms in total. The van der Waals surface area contributed by atoms with E-state index in [0.29, 0.717) is 10.6 Å². The lowest BCUT2D eigenvalue weighted by Gasteiger charge is -2.10. The maximum atomic E-state index is 12.3. The highest BCUT2D eigenvalue weighted by Crippen LogP contribution is 2.23. The van der Waals surface area contributed by atoms with E-state index in [-0.39, 0.29) is 5.02 Å². The van der Waals surface area contributed by atoms with Crippen LogP contribution in [0.2, 0.25) is 10.0 Å². The van der Waals surface area contributed by atoms with Crippen molar-refractivity contribution in [1.29, 1.82) is 0 Å². The SMILES string of the molecule is Cc1cc(/C=N\NC(=O)c2ccc(Cl)cc2Cl)c(C)n1-c1ccc2ncccc2c1. The Labute approximate surface area is 184 Å². The van der Waals surface area contributed by atoms with Crippen LogP contribution in [0.5, 0.6) is 0 Å². The number of aryl methyl sites for hydroxylation is 1. The molecule has 0 radical (unpaired) electrons. The van der Waals surface area contributed by atoms with E-state index in [1.54, 1.807) is 24.5 Å². The Morgan fingerprint density at radius 3 is 2.73 bits per heavy atom.